The summed E-state index contributed by atoms with van der Waals surface area (Å²) in [4.78, 5) is 65.2. The van der Waals surface area contributed by atoms with Crippen LogP contribution < -0.4 is 19.9 Å². The van der Waals surface area contributed by atoms with E-state index < -0.39 is 64.5 Å². The third kappa shape index (κ3) is 23.5. The molecular formula is C74H90ClF9N4O11. The molecule has 0 radical (unpaired) electrons. The average molecular weight is 1420 g/mol. The number of phenols is 1. The number of esters is 1. The van der Waals surface area contributed by atoms with Crippen LogP contribution in [0, 0.1) is 0 Å². The fourth-order valence-corrected chi connectivity index (χ4v) is 13.2. The van der Waals surface area contributed by atoms with Crippen LogP contribution in [0.1, 0.15) is 210 Å². The highest BCUT2D eigenvalue weighted by atomic mass is 35.5. The zero-order valence-electron chi connectivity index (χ0n) is 56.8. The molecule has 10 rings (SSSR count). The topological polar surface area (TPSA) is 195 Å². The Labute approximate surface area is 577 Å². The average Bonchev–Trinajstić information content (AvgIpc) is 1.83. The number of nitrogens with zero attached hydrogens (tertiary/aromatic N) is 3. The van der Waals surface area contributed by atoms with Crippen molar-refractivity contribution >= 4 is 52.8 Å². The number of aliphatic hydroxyl groups excluding tert-OH is 1. The molecule has 3 amide bonds. The SMILES string of the molecule is CC(C)(C)OC(=O)CCN(CC(=O)N1CCc2cc(O)ccc21)C(=O)OC(C)(C)C.FC(F)(F)c1ccc(CCl)cc1C1CCCC1.O=C(O)CCNCC(=O)N1CCc2cc(OCc3ccc(C(F)(F)F)c(C4CCCC4)c3)ccc21.OCc1ccc(C(F)(F)F)c(C2CCCC2)c1. The normalized spacial score (nSPS) is 15.8. The molecule has 542 valence electrons. The minimum atomic E-state index is -4.37. The van der Waals surface area contributed by atoms with Crippen LogP contribution in [0.15, 0.2) is 91.0 Å². The third-order valence-corrected chi connectivity index (χ3v) is 18.0. The van der Waals surface area contributed by atoms with Crippen molar-refractivity contribution in [3.05, 3.63) is 152 Å². The first-order chi connectivity index (χ1) is 46.5. The fourth-order valence-electron chi connectivity index (χ4n) is 13.1. The molecule has 0 bridgehead atoms. The van der Waals surface area contributed by atoms with E-state index in [1.165, 1.54) is 47.4 Å². The second-order valence-electron chi connectivity index (χ2n) is 27.5. The number of aliphatic carboxylic acids is 1. The molecule has 2 aliphatic heterocycles. The monoisotopic (exact) mass is 1420 g/mol. The number of fused-ring (bicyclic) bond motifs is 2. The summed E-state index contributed by atoms with van der Waals surface area (Å²) in [6, 6.07) is 22.8. The molecule has 3 aliphatic carbocycles. The summed E-state index contributed by atoms with van der Waals surface area (Å²) in [7, 11) is 0. The summed E-state index contributed by atoms with van der Waals surface area (Å²) in [5.74, 6) is -0.794. The summed E-state index contributed by atoms with van der Waals surface area (Å²) >= 11 is 5.69. The highest BCUT2D eigenvalue weighted by Crippen LogP contribution is 2.45. The Bertz CT molecular complexity index is 3490. The lowest BCUT2D eigenvalue weighted by Crippen LogP contribution is -2.45. The predicted molar refractivity (Wildman–Crippen MR) is 358 cm³/mol. The summed E-state index contributed by atoms with van der Waals surface area (Å²) in [6.07, 6.45) is -1.56. The van der Waals surface area contributed by atoms with Gasteiger partial charge in [0.2, 0.25) is 11.8 Å². The van der Waals surface area contributed by atoms with Crippen LogP contribution in [0.25, 0.3) is 0 Å². The standard InChI is InChI=1S/C26H29F3N2O4.C22H32N2O6.C13H14ClF3.C13H15F3O/c27-26(28,29)22-7-5-17(13-21(22)18-3-1-2-4-18)16-35-20-6-8-23-19(14-20)10-12-31(23)24(32)15-30-11-9-25(33)34;1-21(2,3)29-19(27)10-11-23(20(28)30-22(4,5)6)14-18(26)24-12-9-15-13-16(25)7-8-17(15)24;14-8-9-5-6-12(13(15,16)17)11(7-9)10-3-1-2-4-10;14-13(15,16)12-6-5-9(8-17)7-11(12)10-3-1-2-4-10/h5-8,13-14,18,30H,1-4,9-12,15-16H2,(H,33,34);7-8,13,25H,9-12,14H2,1-6H3;5-7,10H,1-4,8H2;5-7,10,17H,1-4,8H2. The maximum atomic E-state index is 13.5. The number of phenolic OH excluding ortho intramolecular Hbond substituents is 1. The van der Waals surface area contributed by atoms with Gasteiger partial charge in [-0.1, -0.05) is 74.9 Å². The van der Waals surface area contributed by atoms with Gasteiger partial charge in [-0.15, -0.1) is 11.6 Å². The van der Waals surface area contributed by atoms with Crippen molar-refractivity contribution in [3.8, 4) is 11.5 Å². The minimum absolute atomic E-state index is 0.00174. The number of carbonyl (C=O) groups excluding carboxylic acids is 4. The number of ether oxygens (including phenoxy) is 3. The van der Waals surface area contributed by atoms with Gasteiger partial charge in [-0.05, 0) is 210 Å². The van der Waals surface area contributed by atoms with Gasteiger partial charge in [0, 0.05) is 43.4 Å². The summed E-state index contributed by atoms with van der Waals surface area (Å²) < 4.78 is 135. The first-order valence-corrected chi connectivity index (χ1v) is 34.1. The molecule has 0 atom stereocenters. The zero-order valence-corrected chi connectivity index (χ0v) is 57.6. The van der Waals surface area contributed by atoms with Gasteiger partial charge in [0.05, 0.1) is 42.7 Å². The lowest BCUT2D eigenvalue weighted by atomic mass is 9.91. The first kappa shape index (κ1) is 78.8. The molecule has 0 aromatic heterocycles. The first-order valence-electron chi connectivity index (χ1n) is 33.6. The molecule has 3 fully saturated rings. The lowest BCUT2D eigenvalue weighted by molar-refractivity contribution is -0.155. The van der Waals surface area contributed by atoms with Gasteiger partial charge >= 0.3 is 36.6 Å². The smallest absolute Gasteiger partial charge is 0.416 e. The van der Waals surface area contributed by atoms with E-state index in [0.29, 0.717) is 65.2 Å². The Balaban J connectivity index is 0.000000195. The van der Waals surface area contributed by atoms with Crippen molar-refractivity contribution in [1.29, 1.82) is 0 Å². The van der Waals surface area contributed by atoms with E-state index in [-0.39, 0.29) is 93.4 Å². The molecule has 0 spiro atoms. The van der Waals surface area contributed by atoms with Gasteiger partial charge < -0.3 is 44.6 Å². The maximum Gasteiger partial charge on any atom is 0.416 e. The van der Waals surface area contributed by atoms with Crippen LogP contribution >= 0.6 is 11.6 Å². The number of carboxylic acids is 1. The minimum Gasteiger partial charge on any atom is -0.508 e. The summed E-state index contributed by atoms with van der Waals surface area (Å²) in [5, 5.41) is 30.2. The van der Waals surface area contributed by atoms with Crippen molar-refractivity contribution in [2.45, 2.75) is 211 Å². The van der Waals surface area contributed by atoms with Crippen LogP contribution in [0.3, 0.4) is 0 Å². The number of aromatic hydroxyl groups is 1. The maximum absolute atomic E-state index is 13.5. The third-order valence-electron chi connectivity index (χ3n) is 17.7. The van der Waals surface area contributed by atoms with E-state index in [1.807, 2.05) is 12.1 Å². The molecule has 5 aromatic rings. The molecule has 2 heterocycles. The predicted octanol–water partition coefficient (Wildman–Crippen LogP) is 17.1. The van der Waals surface area contributed by atoms with Crippen LogP contribution in [-0.2, 0) is 79.1 Å². The van der Waals surface area contributed by atoms with Crippen LogP contribution in [0.2, 0.25) is 0 Å². The fraction of sp³-hybridized carbons (Fsp3) is 0.527. The number of aliphatic hydroxyl groups is 1. The number of hydrogen-bond acceptors (Lipinski definition) is 11. The molecule has 99 heavy (non-hydrogen) atoms. The number of hydrogen-bond donors (Lipinski definition) is 4. The lowest BCUT2D eigenvalue weighted by Gasteiger charge is -2.29. The Hall–Kier alpha value is -7.57. The highest BCUT2D eigenvalue weighted by molar-refractivity contribution is 6.17. The number of anilines is 2. The Morgan fingerprint density at radius 1 is 0.566 bits per heavy atom. The van der Waals surface area contributed by atoms with Gasteiger partial charge in [-0.25, -0.2) is 4.79 Å². The van der Waals surface area contributed by atoms with E-state index in [0.717, 1.165) is 105 Å². The summed E-state index contributed by atoms with van der Waals surface area (Å²) in [5.41, 5.74) is 3.59. The molecule has 3 saturated carbocycles. The van der Waals surface area contributed by atoms with Crippen molar-refractivity contribution < 1.29 is 93.0 Å². The number of alkyl halides is 10. The van der Waals surface area contributed by atoms with E-state index in [2.05, 4.69) is 5.32 Å². The van der Waals surface area contributed by atoms with Crippen molar-refractivity contribution in [3.63, 3.8) is 0 Å². The van der Waals surface area contributed by atoms with Gasteiger partial charge in [0.25, 0.3) is 0 Å². The van der Waals surface area contributed by atoms with Gasteiger partial charge in [0.1, 0.15) is 35.9 Å². The molecule has 5 aliphatic rings. The Kier molecular flexibility index (Phi) is 27.6. The number of halogens is 10. The van der Waals surface area contributed by atoms with Gasteiger partial charge in [-0.3, -0.25) is 24.1 Å². The highest BCUT2D eigenvalue weighted by Gasteiger charge is 2.39. The van der Waals surface area contributed by atoms with Crippen molar-refractivity contribution in [2.75, 3.05) is 49.1 Å². The van der Waals surface area contributed by atoms with Crippen molar-refractivity contribution in [2.24, 2.45) is 0 Å². The molecule has 25 heteroatoms. The van der Waals surface area contributed by atoms with Gasteiger partial charge in [0.15, 0.2) is 0 Å². The number of nitrogens with one attached hydrogen (secondary N) is 1. The Morgan fingerprint density at radius 2 is 1.01 bits per heavy atom. The molecule has 0 unspecified atom stereocenters. The molecule has 0 saturated heterocycles. The van der Waals surface area contributed by atoms with Crippen LogP contribution in [-0.4, -0.2) is 101 Å². The molecular weight excluding hydrogens is 1330 g/mol. The second-order valence-corrected chi connectivity index (χ2v) is 27.8. The van der Waals surface area contributed by atoms with Gasteiger partial charge in [-0.2, -0.15) is 39.5 Å². The number of carbonyl (C=O) groups is 5. The van der Waals surface area contributed by atoms with E-state index in [1.54, 1.807) is 81.7 Å². The molecule has 4 N–H and O–H groups in total. The zero-order chi connectivity index (χ0) is 72.6. The number of carboxylic acid groups (broad SMARTS) is 1. The van der Waals surface area contributed by atoms with E-state index in [4.69, 9.17) is 36.0 Å². The quantitative estimate of drug-likeness (QED) is 0.0281. The van der Waals surface area contributed by atoms with E-state index in [9.17, 15) is 68.6 Å². The van der Waals surface area contributed by atoms with E-state index >= 15 is 0 Å². The number of rotatable bonds is 18. The van der Waals surface area contributed by atoms with Crippen molar-refractivity contribution in [1.82, 2.24) is 10.2 Å². The summed E-state index contributed by atoms with van der Waals surface area (Å²) in [6.45, 7) is 11.5. The van der Waals surface area contributed by atoms with Crippen LogP contribution in [0.5, 0.6) is 11.5 Å². The largest absolute Gasteiger partial charge is 0.508 e. The number of benzene rings is 5. The number of amides is 3. The Morgan fingerprint density at radius 3 is 1.47 bits per heavy atom. The second kappa shape index (κ2) is 34.7. The van der Waals surface area contributed by atoms with Crippen LogP contribution in [0.4, 0.5) is 55.7 Å². The molecule has 15 nitrogen and oxygen atoms in total. The molecule has 5 aromatic carbocycles.